The molecule has 0 aliphatic carbocycles. The summed E-state index contributed by atoms with van der Waals surface area (Å²) in [6.07, 6.45) is 0.893. The maximum Gasteiger partial charge on any atom is 0.328 e. The molecule has 4 nitrogen and oxygen atoms in total. The number of para-hydroxylation sites is 1. The number of aliphatic carboxylic acids is 1. The van der Waals surface area contributed by atoms with Crippen molar-refractivity contribution in [3.63, 3.8) is 0 Å². The molecule has 0 radical (unpaired) electrons. The van der Waals surface area contributed by atoms with Crippen LogP contribution in [0.3, 0.4) is 0 Å². The summed E-state index contributed by atoms with van der Waals surface area (Å²) >= 11 is 3.08. The van der Waals surface area contributed by atoms with Crippen LogP contribution in [0.4, 0.5) is 14.5 Å². The van der Waals surface area contributed by atoms with E-state index in [9.17, 15) is 18.4 Å². The second-order valence-electron chi connectivity index (χ2n) is 4.91. The first-order chi connectivity index (χ1) is 11.3. The fourth-order valence-electron chi connectivity index (χ4n) is 2.10. The molecule has 0 spiro atoms. The summed E-state index contributed by atoms with van der Waals surface area (Å²) in [5.41, 5.74) is -0.0241. The number of nitrogens with one attached hydrogen (secondary N) is 1. The molecule has 2 aromatic rings. The SMILES string of the molecule is C/C(=C\C(=O)O)c1cccc(F)c1NC(=O)c1ccc(Br)cc1F. The number of hydrogen-bond donors (Lipinski definition) is 2. The van der Waals surface area contributed by atoms with Gasteiger partial charge in [0, 0.05) is 16.1 Å². The number of allylic oxidation sites excluding steroid dienone is 1. The van der Waals surface area contributed by atoms with Crippen LogP contribution >= 0.6 is 15.9 Å². The highest BCUT2D eigenvalue weighted by atomic mass is 79.9. The summed E-state index contributed by atoms with van der Waals surface area (Å²) in [6, 6.07) is 7.83. The van der Waals surface area contributed by atoms with E-state index in [1.54, 1.807) is 0 Å². The van der Waals surface area contributed by atoms with E-state index in [-0.39, 0.29) is 22.4 Å². The number of carbonyl (C=O) groups is 2. The normalized spacial score (nSPS) is 11.2. The molecule has 2 aromatic carbocycles. The van der Waals surface area contributed by atoms with Crippen molar-refractivity contribution >= 4 is 39.1 Å². The van der Waals surface area contributed by atoms with E-state index in [2.05, 4.69) is 21.2 Å². The van der Waals surface area contributed by atoms with E-state index in [1.165, 1.54) is 31.2 Å². The molecule has 24 heavy (non-hydrogen) atoms. The third-order valence-corrected chi connectivity index (χ3v) is 3.69. The minimum Gasteiger partial charge on any atom is -0.478 e. The summed E-state index contributed by atoms with van der Waals surface area (Å²) in [5.74, 6) is -3.56. The van der Waals surface area contributed by atoms with Crippen LogP contribution in [-0.2, 0) is 4.79 Å². The predicted octanol–water partition coefficient (Wildman–Crippen LogP) is 4.47. The maximum atomic E-state index is 14.1. The van der Waals surface area contributed by atoms with Crippen molar-refractivity contribution in [2.45, 2.75) is 6.92 Å². The Morgan fingerprint density at radius 3 is 2.46 bits per heavy atom. The Morgan fingerprint density at radius 1 is 1.12 bits per heavy atom. The molecule has 0 atom stereocenters. The van der Waals surface area contributed by atoms with Crippen molar-refractivity contribution < 1.29 is 23.5 Å². The first-order valence-electron chi connectivity index (χ1n) is 6.76. The van der Waals surface area contributed by atoms with Crippen LogP contribution in [0.2, 0.25) is 0 Å². The van der Waals surface area contributed by atoms with Crippen LogP contribution in [0, 0.1) is 11.6 Å². The lowest BCUT2D eigenvalue weighted by Crippen LogP contribution is -2.16. The molecule has 0 bridgehead atoms. The molecule has 0 saturated carbocycles. The molecule has 1 amide bonds. The van der Waals surface area contributed by atoms with E-state index in [0.717, 1.165) is 18.2 Å². The highest BCUT2D eigenvalue weighted by Crippen LogP contribution is 2.27. The molecule has 0 unspecified atom stereocenters. The minimum absolute atomic E-state index is 0.197. The average Bonchev–Trinajstić information content (AvgIpc) is 2.48. The molecule has 0 fully saturated rings. The average molecular weight is 396 g/mol. The van der Waals surface area contributed by atoms with Gasteiger partial charge in [0.2, 0.25) is 0 Å². The largest absolute Gasteiger partial charge is 0.478 e. The Balaban J connectivity index is 2.42. The van der Waals surface area contributed by atoms with Gasteiger partial charge in [-0.2, -0.15) is 0 Å². The van der Waals surface area contributed by atoms with Crippen molar-refractivity contribution in [3.8, 4) is 0 Å². The van der Waals surface area contributed by atoms with Gasteiger partial charge in [0.05, 0.1) is 11.3 Å². The first kappa shape index (κ1) is 17.8. The summed E-state index contributed by atoms with van der Waals surface area (Å²) < 4.78 is 28.4. The summed E-state index contributed by atoms with van der Waals surface area (Å²) in [7, 11) is 0. The number of rotatable bonds is 4. The molecule has 0 aliphatic rings. The Kier molecular flexibility index (Phi) is 5.46. The zero-order valence-electron chi connectivity index (χ0n) is 12.4. The lowest BCUT2D eigenvalue weighted by atomic mass is 10.0. The summed E-state index contributed by atoms with van der Waals surface area (Å²) in [5, 5.41) is 11.1. The molecule has 7 heteroatoms. The molecule has 0 heterocycles. The van der Waals surface area contributed by atoms with Gasteiger partial charge in [0.25, 0.3) is 5.91 Å². The summed E-state index contributed by atoms with van der Waals surface area (Å²) in [6.45, 7) is 1.47. The molecular weight excluding hydrogens is 384 g/mol. The van der Waals surface area contributed by atoms with Gasteiger partial charge in [-0.15, -0.1) is 0 Å². The molecule has 0 saturated heterocycles. The fourth-order valence-corrected chi connectivity index (χ4v) is 2.43. The Labute approximate surface area is 144 Å². The fraction of sp³-hybridized carbons (Fsp3) is 0.0588. The van der Waals surface area contributed by atoms with Gasteiger partial charge in [-0.25, -0.2) is 13.6 Å². The van der Waals surface area contributed by atoms with E-state index in [0.29, 0.717) is 4.47 Å². The smallest absolute Gasteiger partial charge is 0.328 e. The van der Waals surface area contributed by atoms with Gasteiger partial charge in [0.1, 0.15) is 11.6 Å². The van der Waals surface area contributed by atoms with Crippen molar-refractivity contribution in [1.29, 1.82) is 0 Å². The van der Waals surface area contributed by atoms with Crippen molar-refractivity contribution in [3.05, 3.63) is 69.7 Å². The second kappa shape index (κ2) is 7.35. The van der Waals surface area contributed by atoms with Gasteiger partial charge < -0.3 is 10.4 Å². The number of amides is 1. The van der Waals surface area contributed by atoms with Crippen LogP contribution in [0.1, 0.15) is 22.8 Å². The number of carbonyl (C=O) groups excluding carboxylic acids is 1. The molecule has 124 valence electrons. The lowest BCUT2D eigenvalue weighted by Gasteiger charge is -2.13. The molecule has 2 rings (SSSR count). The van der Waals surface area contributed by atoms with E-state index in [1.807, 2.05) is 0 Å². The molecule has 0 aromatic heterocycles. The number of hydrogen-bond acceptors (Lipinski definition) is 2. The van der Waals surface area contributed by atoms with Crippen molar-refractivity contribution in [1.82, 2.24) is 0 Å². The van der Waals surface area contributed by atoms with Crippen LogP contribution < -0.4 is 5.32 Å². The maximum absolute atomic E-state index is 14.1. The van der Waals surface area contributed by atoms with E-state index in [4.69, 9.17) is 5.11 Å². The van der Waals surface area contributed by atoms with Crippen LogP contribution in [-0.4, -0.2) is 17.0 Å². The lowest BCUT2D eigenvalue weighted by molar-refractivity contribution is -0.131. The third kappa shape index (κ3) is 4.05. The first-order valence-corrected chi connectivity index (χ1v) is 7.55. The van der Waals surface area contributed by atoms with Crippen LogP contribution in [0.25, 0.3) is 5.57 Å². The number of carboxylic acid groups (broad SMARTS) is 1. The van der Waals surface area contributed by atoms with Gasteiger partial charge >= 0.3 is 5.97 Å². The Morgan fingerprint density at radius 2 is 1.83 bits per heavy atom. The highest BCUT2D eigenvalue weighted by Gasteiger charge is 2.17. The van der Waals surface area contributed by atoms with E-state index < -0.39 is 23.5 Å². The number of benzene rings is 2. The quantitative estimate of drug-likeness (QED) is 0.750. The Hall–Kier alpha value is -2.54. The zero-order valence-corrected chi connectivity index (χ0v) is 14.0. The monoisotopic (exact) mass is 395 g/mol. The Bertz CT molecular complexity index is 850. The highest BCUT2D eigenvalue weighted by molar-refractivity contribution is 9.10. The number of anilines is 1. The van der Waals surface area contributed by atoms with Crippen molar-refractivity contribution in [2.24, 2.45) is 0 Å². The second-order valence-corrected chi connectivity index (χ2v) is 5.82. The van der Waals surface area contributed by atoms with Gasteiger partial charge in [-0.05, 0) is 36.8 Å². The van der Waals surface area contributed by atoms with Crippen LogP contribution in [0.15, 0.2) is 46.9 Å². The van der Waals surface area contributed by atoms with Gasteiger partial charge in [0.15, 0.2) is 0 Å². The third-order valence-electron chi connectivity index (χ3n) is 3.19. The minimum atomic E-state index is -1.20. The predicted molar refractivity (Wildman–Crippen MR) is 89.7 cm³/mol. The molecule has 2 N–H and O–H groups in total. The molecular formula is C17H12BrF2NO3. The topological polar surface area (TPSA) is 66.4 Å². The van der Waals surface area contributed by atoms with E-state index >= 15 is 0 Å². The number of halogens is 3. The zero-order chi connectivity index (χ0) is 17.9. The molecule has 0 aliphatic heterocycles. The van der Waals surface area contributed by atoms with Crippen LogP contribution in [0.5, 0.6) is 0 Å². The standard InChI is InChI=1S/C17H12BrF2NO3/c1-9(7-15(22)23)11-3-2-4-13(19)16(11)21-17(24)12-6-5-10(18)8-14(12)20/h2-8H,1H3,(H,21,24)(H,22,23)/b9-7+. The van der Waals surface area contributed by atoms with Gasteiger partial charge in [-0.1, -0.05) is 28.1 Å². The van der Waals surface area contributed by atoms with Gasteiger partial charge in [-0.3, -0.25) is 4.79 Å². The van der Waals surface area contributed by atoms with Crippen molar-refractivity contribution in [2.75, 3.05) is 5.32 Å². The summed E-state index contributed by atoms with van der Waals surface area (Å²) in [4.78, 5) is 23.0. The number of carboxylic acids is 1.